The standard InChI is InChI=1S/C25H26N2O4S/c1-17-12-14-19(15-13-17)21-16-22(20-9-7-10-23(30-3)25(20)31-4)27(26-21)32(28,29)24-11-6-5-8-18(24)2/h5-15,22H,16H2,1-4H3/t22-/m1/s1. The van der Waals surface area contributed by atoms with E-state index in [2.05, 4.69) is 5.10 Å². The SMILES string of the molecule is COc1cccc([C@H]2CC(c3ccc(C)cc3)=NN2S(=O)(=O)c2ccccc2C)c1OC. The number of aryl methyl sites for hydroxylation is 2. The lowest BCUT2D eigenvalue weighted by Crippen LogP contribution is -2.28. The van der Waals surface area contributed by atoms with Gasteiger partial charge in [-0.05, 0) is 37.1 Å². The van der Waals surface area contributed by atoms with Crippen LogP contribution < -0.4 is 9.47 Å². The Balaban J connectivity index is 1.88. The minimum Gasteiger partial charge on any atom is -0.493 e. The first kappa shape index (κ1) is 21.9. The van der Waals surface area contributed by atoms with E-state index in [9.17, 15) is 8.42 Å². The van der Waals surface area contributed by atoms with Crippen LogP contribution in [0.4, 0.5) is 0 Å². The number of hydrogen-bond acceptors (Lipinski definition) is 5. The van der Waals surface area contributed by atoms with Gasteiger partial charge >= 0.3 is 0 Å². The topological polar surface area (TPSA) is 68.2 Å². The molecule has 166 valence electrons. The van der Waals surface area contributed by atoms with Gasteiger partial charge in [-0.3, -0.25) is 0 Å². The minimum atomic E-state index is -3.91. The summed E-state index contributed by atoms with van der Waals surface area (Å²) >= 11 is 0. The van der Waals surface area contributed by atoms with Crippen molar-refractivity contribution in [2.24, 2.45) is 5.10 Å². The average Bonchev–Trinajstić information content (AvgIpc) is 3.25. The Hall–Kier alpha value is -3.32. The molecule has 1 aliphatic heterocycles. The number of hydrogen-bond donors (Lipinski definition) is 0. The summed E-state index contributed by atoms with van der Waals surface area (Å²) in [5, 5.41) is 4.63. The van der Waals surface area contributed by atoms with E-state index in [1.54, 1.807) is 45.4 Å². The van der Waals surface area contributed by atoms with Gasteiger partial charge in [0.2, 0.25) is 0 Å². The summed E-state index contributed by atoms with van der Waals surface area (Å²) in [6, 6.07) is 19.8. The second-order valence-electron chi connectivity index (χ2n) is 7.76. The number of sulfonamides is 1. The van der Waals surface area contributed by atoms with Crippen molar-refractivity contribution in [2.75, 3.05) is 14.2 Å². The molecule has 7 heteroatoms. The fourth-order valence-electron chi connectivity index (χ4n) is 3.98. The maximum Gasteiger partial charge on any atom is 0.279 e. The summed E-state index contributed by atoms with van der Waals surface area (Å²) in [6.45, 7) is 3.80. The van der Waals surface area contributed by atoms with Gasteiger partial charge in [0, 0.05) is 12.0 Å². The average molecular weight is 451 g/mol. The van der Waals surface area contributed by atoms with Crippen molar-refractivity contribution in [2.45, 2.75) is 31.2 Å². The van der Waals surface area contributed by atoms with Crippen molar-refractivity contribution in [1.82, 2.24) is 4.41 Å². The molecule has 3 aromatic carbocycles. The molecular weight excluding hydrogens is 424 g/mol. The molecule has 0 spiro atoms. The van der Waals surface area contributed by atoms with Crippen LogP contribution >= 0.6 is 0 Å². The Bertz CT molecular complexity index is 1270. The first-order valence-corrected chi connectivity index (χ1v) is 11.8. The molecule has 0 saturated carbocycles. The summed E-state index contributed by atoms with van der Waals surface area (Å²) in [6.07, 6.45) is 0.414. The zero-order chi connectivity index (χ0) is 22.9. The van der Waals surface area contributed by atoms with Gasteiger partial charge in [0.25, 0.3) is 10.0 Å². The van der Waals surface area contributed by atoms with Gasteiger partial charge in [-0.1, -0.05) is 60.2 Å². The van der Waals surface area contributed by atoms with Gasteiger partial charge in [0.05, 0.1) is 30.9 Å². The van der Waals surface area contributed by atoms with Crippen LogP contribution in [-0.4, -0.2) is 32.8 Å². The van der Waals surface area contributed by atoms with Crippen molar-refractivity contribution >= 4 is 15.7 Å². The number of hydrazone groups is 1. The summed E-state index contributed by atoms with van der Waals surface area (Å²) in [4.78, 5) is 0.237. The Morgan fingerprint density at radius 1 is 0.906 bits per heavy atom. The van der Waals surface area contributed by atoms with Crippen LogP contribution in [0.1, 0.15) is 34.7 Å². The molecule has 0 radical (unpaired) electrons. The van der Waals surface area contributed by atoms with E-state index in [0.29, 0.717) is 34.8 Å². The minimum absolute atomic E-state index is 0.237. The van der Waals surface area contributed by atoms with Gasteiger partial charge in [0.1, 0.15) is 0 Å². The largest absolute Gasteiger partial charge is 0.493 e. The summed E-state index contributed by atoms with van der Waals surface area (Å²) in [5.41, 5.74) is 4.10. The summed E-state index contributed by atoms with van der Waals surface area (Å²) in [5.74, 6) is 1.05. The van der Waals surface area contributed by atoms with Crippen LogP contribution in [-0.2, 0) is 10.0 Å². The highest BCUT2D eigenvalue weighted by Crippen LogP contribution is 2.44. The lowest BCUT2D eigenvalue weighted by atomic mass is 9.97. The molecule has 4 rings (SSSR count). The number of nitrogens with zero attached hydrogens (tertiary/aromatic N) is 2. The molecule has 6 nitrogen and oxygen atoms in total. The fraction of sp³-hybridized carbons (Fsp3) is 0.240. The molecule has 0 unspecified atom stereocenters. The maximum absolute atomic E-state index is 13.8. The number of para-hydroxylation sites is 1. The van der Waals surface area contributed by atoms with Crippen LogP contribution in [0.3, 0.4) is 0 Å². The lowest BCUT2D eigenvalue weighted by molar-refractivity contribution is 0.328. The van der Waals surface area contributed by atoms with Gasteiger partial charge in [-0.15, -0.1) is 0 Å². The maximum atomic E-state index is 13.8. The Morgan fingerprint density at radius 2 is 1.62 bits per heavy atom. The molecule has 32 heavy (non-hydrogen) atoms. The van der Waals surface area contributed by atoms with Crippen LogP contribution in [0.15, 0.2) is 76.7 Å². The van der Waals surface area contributed by atoms with Crippen molar-refractivity contribution in [3.8, 4) is 11.5 Å². The molecule has 0 aromatic heterocycles. The van der Waals surface area contributed by atoms with Crippen molar-refractivity contribution in [3.05, 3.63) is 89.0 Å². The molecule has 3 aromatic rings. The third-order valence-corrected chi connectivity index (χ3v) is 7.51. The first-order valence-electron chi connectivity index (χ1n) is 10.3. The van der Waals surface area contributed by atoms with Crippen LogP contribution in [0, 0.1) is 13.8 Å². The van der Waals surface area contributed by atoms with Crippen LogP contribution in [0.2, 0.25) is 0 Å². The van der Waals surface area contributed by atoms with E-state index < -0.39 is 16.1 Å². The third kappa shape index (κ3) is 3.84. The van der Waals surface area contributed by atoms with Crippen molar-refractivity contribution in [1.29, 1.82) is 0 Å². The molecule has 1 heterocycles. The summed E-state index contributed by atoms with van der Waals surface area (Å²) in [7, 11) is -0.795. The predicted octanol–water partition coefficient (Wildman–Crippen LogP) is 4.86. The van der Waals surface area contributed by atoms with Gasteiger partial charge in [-0.25, -0.2) is 0 Å². The molecule has 0 aliphatic carbocycles. The predicted molar refractivity (Wildman–Crippen MR) is 125 cm³/mol. The summed E-state index contributed by atoms with van der Waals surface area (Å²) < 4.78 is 39.9. The Labute approximate surface area is 189 Å². The number of rotatable bonds is 6. The molecule has 0 bridgehead atoms. The molecule has 0 saturated heterocycles. The fourth-order valence-corrected chi connectivity index (χ4v) is 5.64. The van der Waals surface area contributed by atoms with E-state index in [4.69, 9.17) is 9.47 Å². The van der Waals surface area contributed by atoms with Crippen molar-refractivity contribution in [3.63, 3.8) is 0 Å². The zero-order valence-electron chi connectivity index (χ0n) is 18.6. The van der Waals surface area contributed by atoms with Gasteiger partial charge in [0.15, 0.2) is 11.5 Å². The van der Waals surface area contributed by atoms with Crippen LogP contribution in [0.25, 0.3) is 0 Å². The smallest absolute Gasteiger partial charge is 0.279 e. The second-order valence-corrected chi connectivity index (χ2v) is 9.52. The second kappa shape index (κ2) is 8.67. The zero-order valence-corrected chi connectivity index (χ0v) is 19.4. The van der Waals surface area contributed by atoms with E-state index >= 15 is 0 Å². The van der Waals surface area contributed by atoms with Crippen LogP contribution in [0.5, 0.6) is 11.5 Å². The van der Waals surface area contributed by atoms with Gasteiger partial charge in [-0.2, -0.15) is 17.9 Å². The first-order chi connectivity index (χ1) is 15.4. The Morgan fingerprint density at radius 3 is 2.28 bits per heavy atom. The third-order valence-electron chi connectivity index (χ3n) is 5.67. The molecule has 0 fully saturated rings. The van der Waals surface area contributed by atoms with E-state index in [1.807, 2.05) is 49.4 Å². The van der Waals surface area contributed by atoms with E-state index in [-0.39, 0.29) is 4.90 Å². The highest BCUT2D eigenvalue weighted by atomic mass is 32.2. The number of benzene rings is 3. The number of methoxy groups -OCH3 is 2. The van der Waals surface area contributed by atoms with E-state index in [0.717, 1.165) is 11.1 Å². The molecule has 0 N–H and O–H groups in total. The molecule has 1 atom stereocenters. The highest BCUT2D eigenvalue weighted by Gasteiger charge is 2.40. The lowest BCUT2D eigenvalue weighted by Gasteiger charge is -2.26. The molecule has 1 aliphatic rings. The monoisotopic (exact) mass is 450 g/mol. The normalized spacial score (nSPS) is 16.1. The van der Waals surface area contributed by atoms with Gasteiger partial charge < -0.3 is 9.47 Å². The van der Waals surface area contributed by atoms with E-state index in [1.165, 1.54) is 4.41 Å². The van der Waals surface area contributed by atoms with Crippen molar-refractivity contribution < 1.29 is 17.9 Å². The highest BCUT2D eigenvalue weighted by molar-refractivity contribution is 7.89. The quantitative estimate of drug-likeness (QED) is 0.538. The Kier molecular flexibility index (Phi) is 5.93. The molecule has 0 amide bonds. The number of ether oxygens (including phenoxy) is 2. The molecular formula is C25H26N2O4S.